The Morgan fingerprint density at radius 3 is 2.47 bits per heavy atom. The van der Waals surface area contributed by atoms with Crippen LogP contribution >= 0.6 is 0 Å². The number of hydrogen-bond donors (Lipinski definition) is 1. The third kappa shape index (κ3) is 5.49. The number of nitrogens with zero attached hydrogens (tertiary/aromatic N) is 4. The largest absolute Gasteiger partial charge is 0.416 e. The van der Waals surface area contributed by atoms with Crippen molar-refractivity contribution in [3.8, 4) is 11.4 Å². The van der Waals surface area contributed by atoms with Gasteiger partial charge in [0.25, 0.3) is 0 Å². The molecule has 2 amide bonds. The first-order chi connectivity index (χ1) is 15.2. The molecule has 9 heteroatoms. The number of anilines is 1. The summed E-state index contributed by atoms with van der Waals surface area (Å²) >= 11 is 0. The van der Waals surface area contributed by atoms with Crippen molar-refractivity contribution in [2.75, 3.05) is 37.6 Å². The highest BCUT2D eigenvalue weighted by atomic mass is 19.4. The highest BCUT2D eigenvalue weighted by Crippen LogP contribution is 2.32. The van der Waals surface area contributed by atoms with E-state index in [0.717, 1.165) is 42.0 Å². The summed E-state index contributed by atoms with van der Waals surface area (Å²) in [7, 11) is 0. The quantitative estimate of drug-likeness (QED) is 0.652. The van der Waals surface area contributed by atoms with Crippen LogP contribution in [0, 0.1) is 6.92 Å². The van der Waals surface area contributed by atoms with E-state index in [4.69, 9.17) is 0 Å². The SMILES string of the molecule is CCCCNC(=O)N1CCN(c2nc(-c3cccc(C(F)(F)F)c3)nc(C)c2CC)CC1. The second kappa shape index (κ2) is 10.2. The Balaban J connectivity index is 1.82. The lowest BCUT2D eigenvalue weighted by atomic mass is 10.1. The van der Waals surface area contributed by atoms with Gasteiger partial charge in [0.05, 0.1) is 5.56 Å². The molecule has 1 fully saturated rings. The molecular formula is C23H30F3N5O. The van der Waals surface area contributed by atoms with Gasteiger partial charge in [0.2, 0.25) is 0 Å². The summed E-state index contributed by atoms with van der Waals surface area (Å²) in [6.45, 7) is 8.94. The number of benzene rings is 1. The standard InChI is InChI=1S/C23H30F3N5O/c1-4-6-10-27-22(32)31-13-11-30(12-14-31)21-19(5-2)16(3)28-20(29-21)17-8-7-9-18(15-17)23(24,25)26/h7-9,15H,4-6,10-14H2,1-3H3,(H,27,32). The van der Waals surface area contributed by atoms with Crippen LogP contribution in [0.4, 0.5) is 23.8 Å². The number of nitrogens with one attached hydrogen (secondary N) is 1. The highest BCUT2D eigenvalue weighted by Gasteiger charge is 2.31. The van der Waals surface area contributed by atoms with Crippen LogP contribution in [0.25, 0.3) is 11.4 Å². The van der Waals surface area contributed by atoms with E-state index < -0.39 is 11.7 Å². The van der Waals surface area contributed by atoms with Gasteiger partial charge in [0.1, 0.15) is 5.82 Å². The van der Waals surface area contributed by atoms with Gasteiger partial charge >= 0.3 is 12.2 Å². The number of urea groups is 1. The van der Waals surface area contributed by atoms with E-state index in [1.807, 2.05) is 13.8 Å². The molecule has 0 spiro atoms. The second-order valence-corrected chi connectivity index (χ2v) is 7.93. The lowest BCUT2D eigenvalue weighted by Crippen LogP contribution is -2.52. The van der Waals surface area contributed by atoms with Crippen molar-refractivity contribution in [1.29, 1.82) is 0 Å². The fraction of sp³-hybridized carbons (Fsp3) is 0.522. The van der Waals surface area contributed by atoms with Crippen LogP contribution in [0.15, 0.2) is 24.3 Å². The minimum atomic E-state index is -4.43. The van der Waals surface area contributed by atoms with E-state index in [1.165, 1.54) is 6.07 Å². The molecule has 1 aromatic carbocycles. The molecule has 174 valence electrons. The summed E-state index contributed by atoms with van der Waals surface area (Å²) in [6.07, 6.45) is -1.74. The van der Waals surface area contributed by atoms with Crippen LogP contribution in [0.2, 0.25) is 0 Å². The molecule has 2 aromatic rings. The zero-order chi connectivity index (χ0) is 23.3. The number of piperazine rings is 1. The Hall–Kier alpha value is -2.84. The number of amides is 2. The third-order valence-corrected chi connectivity index (χ3v) is 5.67. The number of carbonyl (C=O) groups excluding carboxylic acids is 1. The highest BCUT2D eigenvalue weighted by molar-refractivity contribution is 5.74. The lowest BCUT2D eigenvalue weighted by Gasteiger charge is -2.36. The van der Waals surface area contributed by atoms with Crippen molar-refractivity contribution in [3.05, 3.63) is 41.1 Å². The van der Waals surface area contributed by atoms with E-state index in [-0.39, 0.29) is 11.9 Å². The van der Waals surface area contributed by atoms with E-state index in [1.54, 1.807) is 11.0 Å². The molecule has 1 aliphatic rings. The maximum Gasteiger partial charge on any atom is 0.416 e. The molecule has 0 aliphatic carbocycles. The Morgan fingerprint density at radius 1 is 1.12 bits per heavy atom. The molecule has 32 heavy (non-hydrogen) atoms. The number of halogens is 3. The average Bonchev–Trinajstić information content (AvgIpc) is 2.78. The number of unbranched alkanes of at least 4 members (excludes halogenated alkanes) is 1. The van der Waals surface area contributed by atoms with Gasteiger partial charge in [-0.15, -0.1) is 0 Å². The molecule has 1 saturated heterocycles. The number of rotatable bonds is 6. The van der Waals surface area contributed by atoms with Crippen LogP contribution in [-0.2, 0) is 12.6 Å². The number of aromatic nitrogens is 2. The maximum absolute atomic E-state index is 13.2. The fourth-order valence-electron chi connectivity index (χ4n) is 3.83. The lowest BCUT2D eigenvalue weighted by molar-refractivity contribution is -0.137. The monoisotopic (exact) mass is 449 g/mol. The normalized spacial score (nSPS) is 14.6. The van der Waals surface area contributed by atoms with E-state index in [0.29, 0.717) is 44.7 Å². The summed E-state index contributed by atoms with van der Waals surface area (Å²) < 4.78 is 39.5. The number of aryl methyl sites for hydroxylation is 1. The van der Waals surface area contributed by atoms with Crippen molar-refractivity contribution in [3.63, 3.8) is 0 Å². The van der Waals surface area contributed by atoms with Gasteiger partial charge < -0.3 is 15.1 Å². The van der Waals surface area contributed by atoms with Crippen molar-refractivity contribution in [1.82, 2.24) is 20.2 Å². The Morgan fingerprint density at radius 2 is 1.84 bits per heavy atom. The summed E-state index contributed by atoms with van der Waals surface area (Å²) in [6, 6.07) is 5.04. The van der Waals surface area contributed by atoms with Crippen LogP contribution in [0.5, 0.6) is 0 Å². The van der Waals surface area contributed by atoms with E-state index in [2.05, 4.69) is 27.1 Å². The van der Waals surface area contributed by atoms with Gasteiger partial charge in [-0.25, -0.2) is 14.8 Å². The van der Waals surface area contributed by atoms with E-state index >= 15 is 0 Å². The topological polar surface area (TPSA) is 61.4 Å². The molecule has 0 bridgehead atoms. The van der Waals surface area contributed by atoms with Crippen LogP contribution in [0.1, 0.15) is 43.5 Å². The molecule has 3 rings (SSSR count). The predicted octanol–water partition coefficient (Wildman–Crippen LogP) is 4.66. The summed E-state index contributed by atoms with van der Waals surface area (Å²) in [5, 5.41) is 2.94. The van der Waals surface area contributed by atoms with Gasteiger partial charge in [-0.3, -0.25) is 0 Å². The van der Waals surface area contributed by atoms with Crippen molar-refractivity contribution < 1.29 is 18.0 Å². The number of carbonyl (C=O) groups is 1. The van der Waals surface area contributed by atoms with Crippen molar-refractivity contribution in [2.24, 2.45) is 0 Å². The van der Waals surface area contributed by atoms with Gasteiger partial charge in [0.15, 0.2) is 5.82 Å². The second-order valence-electron chi connectivity index (χ2n) is 7.93. The molecule has 0 atom stereocenters. The molecule has 1 aliphatic heterocycles. The molecule has 2 heterocycles. The smallest absolute Gasteiger partial charge is 0.353 e. The van der Waals surface area contributed by atoms with E-state index in [9.17, 15) is 18.0 Å². The van der Waals surface area contributed by atoms with Gasteiger partial charge in [0, 0.05) is 49.5 Å². The fourth-order valence-corrected chi connectivity index (χ4v) is 3.83. The Labute approximate surface area is 186 Å². The third-order valence-electron chi connectivity index (χ3n) is 5.67. The van der Waals surface area contributed by atoms with Crippen molar-refractivity contribution in [2.45, 2.75) is 46.2 Å². The minimum Gasteiger partial charge on any atom is -0.353 e. The molecule has 0 saturated carbocycles. The molecule has 1 N–H and O–H groups in total. The summed E-state index contributed by atoms with van der Waals surface area (Å²) in [5.41, 5.74) is 1.34. The first-order valence-corrected chi connectivity index (χ1v) is 11.1. The van der Waals surface area contributed by atoms with Crippen LogP contribution in [0.3, 0.4) is 0 Å². The van der Waals surface area contributed by atoms with Gasteiger partial charge in [-0.05, 0) is 31.9 Å². The average molecular weight is 450 g/mol. The zero-order valence-electron chi connectivity index (χ0n) is 18.8. The first kappa shape index (κ1) is 23.8. The van der Waals surface area contributed by atoms with Crippen molar-refractivity contribution >= 4 is 11.8 Å². The molecule has 1 aromatic heterocycles. The minimum absolute atomic E-state index is 0.0580. The Bertz CT molecular complexity index is 940. The maximum atomic E-state index is 13.2. The van der Waals surface area contributed by atoms with Crippen LogP contribution < -0.4 is 10.2 Å². The molecule has 6 nitrogen and oxygen atoms in total. The Kier molecular flexibility index (Phi) is 7.58. The summed E-state index contributed by atoms with van der Waals surface area (Å²) in [4.78, 5) is 25.4. The molecular weight excluding hydrogens is 419 g/mol. The van der Waals surface area contributed by atoms with Gasteiger partial charge in [-0.2, -0.15) is 13.2 Å². The summed E-state index contributed by atoms with van der Waals surface area (Å²) in [5.74, 6) is 1.01. The zero-order valence-corrected chi connectivity index (χ0v) is 18.8. The molecule has 0 unspecified atom stereocenters. The number of hydrogen-bond acceptors (Lipinski definition) is 4. The number of alkyl halides is 3. The molecule has 0 radical (unpaired) electrons. The van der Waals surface area contributed by atoms with Crippen LogP contribution in [-0.4, -0.2) is 53.6 Å². The predicted molar refractivity (Wildman–Crippen MR) is 119 cm³/mol. The first-order valence-electron chi connectivity index (χ1n) is 11.1. The van der Waals surface area contributed by atoms with Gasteiger partial charge in [-0.1, -0.05) is 32.4 Å².